The molecule has 4 N–H and O–H groups in total. The van der Waals surface area contributed by atoms with Gasteiger partial charge in [-0.25, -0.2) is 9.97 Å². The maximum Gasteiger partial charge on any atom is 0.275 e. The Morgan fingerprint density at radius 2 is 2.14 bits per heavy atom. The number of hydrogen-bond donors (Lipinski definition) is 3. The fourth-order valence-electron chi connectivity index (χ4n) is 0.726. The zero-order chi connectivity index (χ0) is 10.6. The topological polar surface area (TPSA) is 110 Å². The largest absolute Gasteiger partial charge is 0.383 e. The number of hydrogen-bond acceptors (Lipinski definition) is 5. The number of nitrogens with zero attached hydrogens (tertiary/aromatic N) is 2. The number of amides is 2. The van der Waals surface area contributed by atoms with Crippen LogP contribution in [0.1, 0.15) is 17.3 Å². The molecule has 0 aliphatic rings. The predicted molar refractivity (Wildman–Crippen MR) is 47.7 cm³/mol. The summed E-state index contributed by atoms with van der Waals surface area (Å²) in [6.45, 7) is 1.27. The minimum Gasteiger partial charge on any atom is -0.383 e. The van der Waals surface area contributed by atoms with Crippen molar-refractivity contribution in [2.45, 2.75) is 6.92 Å². The van der Waals surface area contributed by atoms with Gasteiger partial charge in [-0.15, -0.1) is 0 Å². The fraction of sp³-hybridized carbons (Fsp3) is 0.143. The molecule has 0 radical (unpaired) electrons. The third kappa shape index (κ3) is 2.41. The van der Waals surface area contributed by atoms with Crippen LogP contribution >= 0.6 is 0 Å². The molecule has 2 amide bonds. The van der Waals surface area contributed by atoms with Crippen molar-refractivity contribution in [2.75, 3.05) is 5.73 Å². The van der Waals surface area contributed by atoms with Crippen molar-refractivity contribution in [3.63, 3.8) is 0 Å². The standard InChI is InChI=1S/C7H9N5O2/c1-4(13)11-12-7(14)5-2-9-3-10-6(5)8/h2-3H,1H3,(H,11,13)(H,12,14)(H2,8,9,10). The highest BCUT2D eigenvalue weighted by atomic mass is 16.2. The van der Waals surface area contributed by atoms with E-state index in [0.29, 0.717) is 0 Å². The first-order valence-electron chi connectivity index (χ1n) is 3.73. The number of carbonyl (C=O) groups is 2. The van der Waals surface area contributed by atoms with Crippen LogP contribution in [0.15, 0.2) is 12.5 Å². The van der Waals surface area contributed by atoms with Crippen LogP contribution in [0.5, 0.6) is 0 Å². The van der Waals surface area contributed by atoms with Gasteiger partial charge in [-0.3, -0.25) is 20.4 Å². The maximum absolute atomic E-state index is 11.3. The van der Waals surface area contributed by atoms with Gasteiger partial charge in [-0.1, -0.05) is 0 Å². The molecule has 1 aromatic rings. The van der Waals surface area contributed by atoms with Gasteiger partial charge in [0, 0.05) is 13.1 Å². The molecular formula is C7H9N5O2. The minimum absolute atomic E-state index is 0.0582. The van der Waals surface area contributed by atoms with Crippen molar-refractivity contribution < 1.29 is 9.59 Å². The van der Waals surface area contributed by atoms with E-state index in [9.17, 15) is 9.59 Å². The van der Waals surface area contributed by atoms with Gasteiger partial charge in [-0.2, -0.15) is 0 Å². The first-order valence-corrected chi connectivity index (χ1v) is 3.73. The van der Waals surface area contributed by atoms with E-state index in [4.69, 9.17) is 5.73 Å². The summed E-state index contributed by atoms with van der Waals surface area (Å²) in [5.41, 5.74) is 9.78. The van der Waals surface area contributed by atoms with Gasteiger partial charge in [-0.05, 0) is 0 Å². The van der Waals surface area contributed by atoms with E-state index < -0.39 is 5.91 Å². The lowest BCUT2D eigenvalue weighted by Gasteiger charge is -2.05. The Hall–Kier alpha value is -2.18. The summed E-state index contributed by atoms with van der Waals surface area (Å²) in [6, 6.07) is 0. The summed E-state index contributed by atoms with van der Waals surface area (Å²) in [4.78, 5) is 29.0. The Kier molecular flexibility index (Phi) is 2.95. The van der Waals surface area contributed by atoms with Gasteiger partial charge in [0.1, 0.15) is 17.7 Å². The van der Waals surface area contributed by atoms with Crippen molar-refractivity contribution in [1.29, 1.82) is 0 Å². The van der Waals surface area contributed by atoms with Crippen LogP contribution in [0.3, 0.4) is 0 Å². The molecule has 0 aliphatic carbocycles. The number of nitrogens with one attached hydrogen (secondary N) is 2. The van der Waals surface area contributed by atoms with E-state index in [-0.39, 0.29) is 17.3 Å². The molecule has 7 heteroatoms. The molecule has 0 aliphatic heterocycles. The van der Waals surface area contributed by atoms with E-state index in [2.05, 4.69) is 20.8 Å². The second kappa shape index (κ2) is 4.17. The molecular weight excluding hydrogens is 186 g/mol. The first-order chi connectivity index (χ1) is 6.61. The molecule has 0 unspecified atom stereocenters. The summed E-state index contributed by atoms with van der Waals surface area (Å²) in [5, 5.41) is 0. The molecule has 0 spiro atoms. The van der Waals surface area contributed by atoms with Crippen LogP contribution < -0.4 is 16.6 Å². The molecule has 0 bridgehead atoms. The second-order valence-electron chi connectivity index (χ2n) is 2.46. The average molecular weight is 195 g/mol. The number of anilines is 1. The fourth-order valence-corrected chi connectivity index (χ4v) is 0.726. The van der Waals surface area contributed by atoms with Crippen molar-refractivity contribution in [1.82, 2.24) is 20.8 Å². The van der Waals surface area contributed by atoms with Crippen LogP contribution in [-0.2, 0) is 4.79 Å². The number of hydrazine groups is 1. The van der Waals surface area contributed by atoms with Gasteiger partial charge >= 0.3 is 0 Å². The smallest absolute Gasteiger partial charge is 0.275 e. The third-order valence-electron chi connectivity index (χ3n) is 1.34. The van der Waals surface area contributed by atoms with Gasteiger partial charge in [0.2, 0.25) is 5.91 Å². The molecule has 0 aromatic carbocycles. The van der Waals surface area contributed by atoms with Gasteiger partial charge in [0.25, 0.3) is 5.91 Å². The van der Waals surface area contributed by atoms with Gasteiger partial charge in [0.15, 0.2) is 0 Å². The SMILES string of the molecule is CC(=O)NNC(=O)c1cncnc1N. The van der Waals surface area contributed by atoms with E-state index in [1.165, 1.54) is 19.4 Å². The number of carbonyl (C=O) groups excluding carboxylic acids is 2. The predicted octanol–water partition coefficient (Wildman–Crippen LogP) is -1.16. The number of rotatable bonds is 1. The van der Waals surface area contributed by atoms with E-state index in [1.54, 1.807) is 0 Å². The van der Waals surface area contributed by atoms with Crippen LogP contribution in [0, 0.1) is 0 Å². The zero-order valence-corrected chi connectivity index (χ0v) is 7.44. The molecule has 1 aromatic heterocycles. The second-order valence-corrected chi connectivity index (χ2v) is 2.46. The molecule has 1 heterocycles. The van der Waals surface area contributed by atoms with E-state index in [0.717, 1.165) is 0 Å². The van der Waals surface area contributed by atoms with Crippen LogP contribution in [0.2, 0.25) is 0 Å². The third-order valence-corrected chi connectivity index (χ3v) is 1.34. The lowest BCUT2D eigenvalue weighted by atomic mass is 10.3. The Morgan fingerprint density at radius 1 is 1.43 bits per heavy atom. The van der Waals surface area contributed by atoms with Crippen LogP contribution in [0.4, 0.5) is 5.82 Å². The Morgan fingerprint density at radius 3 is 2.71 bits per heavy atom. The molecule has 1 rings (SSSR count). The summed E-state index contributed by atoms with van der Waals surface area (Å²) in [7, 11) is 0. The quantitative estimate of drug-likeness (QED) is 0.489. The zero-order valence-electron chi connectivity index (χ0n) is 7.44. The van der Waals surface area contributed by atoms with Crippen molar-refractivity contribution >= 4 is 17.6 Å². The normalized spacial score (nSPS) is 9.21. The maximum atomic E-state index is 11.3. The molecule has 74 valence electrons. The number of nitrogen functional groups attached to an aromatic ring is 1. The first kappa shape index (κ1) is 9.90. The van der Waals surface area contributed by atoms with Gasteiger partial charge < -0.3 is 5.73 Å². The monoisotopic (exact) mass is 195 g/mol. The van der Waals surface area contributed by atoms with Gasteiger partial charge in [0.05, 0.1) is 0 Å². The Labute approximate surface area is 79.7 Å². The number of nitrogens with two attached hydrogens (primary N) is 1. The lowest BCUT2D eigenvalue weighted by Crippen LogP contribution is -2.40. The Bertz CT molecular complexity index is 365. The molecule has 14 heavy (non-hydrogen) atoms. The lowest BCUT2D eigenvalue weighted by molar-refractivity contribution is -0.119. The summed E-state index contributed by atoms with van der Waals surface area (Å²) in [5.74, 6) is -0.880. The average Bonchev–Trinajstić information content (AvgIpc) is 2.15. The summed E-state index contributed by atoms with van der Waals surface area (Å²) < 4.78 is 0. The van der Waals surface area contributed by atoms with Crippen molar-refractivity contribution in [3.05, 3.63) is 18.1 Å². The molecule has 0 saturated carbocycles. The highest BCUT2D eigenvalue weighted by Crippen LogP contribution is 2.03. The molecule has 7 nitrogen and oxygen atoms in total. The molecule has 0 fully saturated rings. The highest BCUT2D eigenvalue weighted by Gasteiger charge is 2.09. The van der Waals surface area contributed by atoms with E-state index >= 15 is 0 Å². The van der Waals surface area contributed by atoms with Crippen molar-refractivity contribution in [3.8, 4) is 0 Å². The minimum atomic E-state index is -0.557. The summed E-state index contributed by atoms with van der Waals surface area (Å²) >= 11 is 0. The van der Waals surface area contributed by atoms with Crippen LogP contribution in [0.25, 0.3) is 0 Å². The molecule has 0 atom stereocenters. The number of aromatic nitrogens is 2. The molecule has 0 saturated heterocycles. The van der Waals surface area contributed by atoms with E-state index in [1.807, 2.05) is 0 Å². The van der Waals surface area contributed by atoms with Crippen LogP contribution in [-0.4, -0.2) is 21.8 Å². The summed E-state index contributed by atoms with van der Waals surface area (Å²) in [6.07, 6.45) is 2.49. The highest BCUT2D eigenvalue weighted by molar-refractivity contribution is 5.98. The Balaban J connectivity index is 2.70. The van der Waals surface area contributed by atoms with Crippen molar-refractivity contribution in [2.24, 2.45) is 0 Å².